The number of hydrogen-bond donors (Lipinski definition) is 1. The lowest BCUT2D eigenvalue weighted by Gasteiger charge is -2.14. The Kier molecular flexibility index (Phi) is 4.83. The quantitative estimate of drug-likeness (QED) is 0.506. The van der Waals surface area contributed by atoms with Gasteiger partial charge in [-0.1, -0.05) is 6.07 Å². The molecular formula is C23H18N4O3S. The van der Waals surface area contributed by atoms with E-state index in [1.165, 1.54) is 12.5 Å². The van der Waals surface area contributed by atoms with Crippen LogP contribution in [-0.2, 0) is 14.8 Å². The summed E-state index contributed by atoms with van der Waals surface area (Å²) >= 11 is 0. The smallest absolute Gasteiger partial charge is 0.271 e. The molecule has 0 radical (unpaired) electrons. The molecule has 4 aromatic rings. The molecular weight excluding hydrogens is 412 g/mol. The normalized spacial score (nSPS) is 15.7. The van der Waals surface area contributed by atoms with Crippen molar-refractivity contribution >= 4 is 26.6 Å². The molecule has 1 aliphatic rings. The average molecular weight is 430 g/mol. The fraction of sp³-hybridized carbons (Fsp3) is 0.0870. The van der Waals surface area contributed by atoms with Gasteiger partial charge in [-0.25, -0.2) is 8.42 Å². The predicted molar refractivity (Wildman–Crippen MR) is 119 cm³/mol. The van der Waals surface area contributed by atoms with Gasteiger partial charge >= 0.3 is 0 Å². The lowest BCUT2D eigenvalue weighted by atomic mass is 9.98. The molecule has 1 unspecified atom stereocenters. The van der Waals surface area contributed by atoms with Crippen LogP contribution in [0.25, 0.3) is 33.2 Å². The van der Waals surface area contributed by atoms with Gasteiger partial charge in [0.1, 0.15) is 0 Å². The minimum atomic E-state index is -3.68. The van der Waals surface area contributed by atoms with Crippen LogP contribution in [-0.4, -0.2) is 28.8 Å². The highest BCUT2D eigenvalue weighted by molar-refractivity contribution is 7.93. The standard InChI is InChI=1S/C23H18N4O3S/c28-31(29,23-2-1-11-30-23)27-19-12-18(14-25-15-19)17-3-4-22-21(13-17)20(7-10-26-22)16-5-8-24-9-6-16/h1,3-15,23,27H,2H2. The fourth-order valence-corrected chi connectivity index (χ4v) is 4.70. The van der Waals surface area contributed by atoms with E-state index in [9.17, 15) is 8.42 Å². The number of aromatic nitrogens is 3. The van der Waals surface area contributed by atoms with Gasteiger partial charge in [0.2, 0.25) is 5.44 Å². The monoisotopic (exact) mass is 430 g/mol. The van der Waals surface area contributed by atoms with Crippen molar-refractivity contribution in [1.29, 1.82) is 0 Å². The van der Waals surface area contributed by atoms with Crippen molar-refractivity contribution in [2.75, 3.05) is 4.72 Å². The van der Waals surface area contributed by atoms with Crippen LogP contribution >= 0.6 is 0 Å². The van der Waals surface area contributed by atoms with Gasteiger partial charge in [0.25, 0.3) is 10.0 Å². The first-order chi connectivity index (χ1) is 15.1. The lowest BCUT2D eigenvalue weighted by molar-refractivity contribution is 0.238. The van der Waals surface area contributed by atoms with Crippen molar-refractivity contribution in [2.24, 2.45) is 0 Å². The van der Waals surface area contributed by atoms with Crippen LogP contribution < -0.4 is 4.72 Å². The lowest BCUT2D eigenvalue weighted by Crippen LogP contribution is -2.27. The summed E-state index contributed by atoms with van der Waals surface area (Å²) in [7, 11) is -3.68. The third-order valence-corrected chi connectivity index (χ3v) is 6.58. The summed E-state index contributed by atoms with van der Waals surface area (Å²) in [6, 6.07) is 13.6. The molecule has 8 heteroatoms. The molecule has 1 aromatic carbocycles. The number of nitrogens with one attached hydrogen (secondary N) is 1. The number of hydrogen-bond acceptors (Lipinski definition) is 6. The molecule has 0 fully saturated rings. The van der Waals surface area contributed by atoms with Crippen LogP contribution in [0.3, 0.4) is 0 Å². The summed E-state index contributed by atoms with van der Waals surface area (Å²) in [5.74, 6) is 0. The van der Waals surface area contributed by atoms with Crippen LogP contribution in [0, 0.1) is 0 Å². The van der Waals surface area contributed by atoms with E-state index in [-0.39, 0.29) is 0 Å². The zero-order valence-corrected chi connectivity index (χ0v) is 17.2. The summed E-state index contributed by atoms with van der Waals surface area (Å²) in [4.78, 5) is 12.8. The van der Waals surface area contributed by atoms with Crippen molar-refractivity contribution in [1.82, 2.24) is 15.0 Å². The number of anilines is 1. The van der Waals surface area contributed by atoms with E-state index in [0.29, 0.717) is 12.1 Å². The first-order valence-electron chi connectivity index (χ1n) is 9.67. The van der Waals surface area contributed by atoms with Crippen LogP contribution in [0.15, 0.2) is 85.8 Å². The number of rotatable bonds is 5. The molecule has 3 aromatic heterocycles. The molecule has 0 amide bonds. The van der Waals surface area contributed by atoms with E-state index in [4.69, 9.17) is 4.74 Å². The Morgan fingerprint density at radius 2 is 1.77 bits per heavy atom. The minimum Gasteiger partial charge on any atom is -0.480 e. The van der Waals surface area contributed by atoms with E-state index in [1.807, 2.05) is 36.4 Å². The number of nitrogens with zero attached hydrogens (tertiary/aromatic N) is 3. The number of fused-ring (bicyclic) bond motifs is 1. The van der Waals surface area contributed by atoms with E-state index in [0.717, 1.165) is 33.2 Å². The van der Waals surface area contributed by atoms with E-state index in [2.05, 4.69) is 19.7 Å². The summed E-state index contributed by atoms with van der Waals surface area (Å²) in [6.07, 6.45) is 11.9. The predicted octanol–water partition coefficient (Wildman–Crippen LogP) is 4.36. The van der Waals surface area contributed by atoms with Gasteiger partial charge in [-0.3, -0.25) is 19.7 Å². The molecule has 4 heterocycles. The zero-order chi connectivity index (χ0) is 21.3. The number of pyridine rings is 3. The summed E-state index contributed by atoms with van der Waals surface area (Å²) in [6.45, 7) is 0. The second kappa shape index (κ2) is 7.81. The van der Waals surface area contributed by atoms with Crippen LogP contribution in [0.2, 0.25) is 0 Å². The van der Waals surface area contributed by atoms with Gasteiger partial charge in [-0.2, -0.15) is 0 Å². The first-order valence-corrected chi connectivity index (χ1v) is 11.2. The molecule has 0 saturated heterocycles. The maximum atomic E-state index is 12.5. The van der Waals surface area contributed by atoms with E-state index < -0.39 is 15.5 Å². The van der Waals surface area contributed by atoms with Crippen LogP contribution in [0.5, 0.6) is 0 Å². The molecule has 0 saturated carbocycles. The van der Waals surface area contributed by atoms with Crippen molar-refractivity contribution in [3.63, 3.8) is 0 Å². The zero-order valence-electron chi connectivity index (χ0n) is 16.3. The molecule has 0 bridgehead atoms. The third-order valence-electron chi connectivity index (χ3n) is 5.07. The van der Waals surface area contributed by atoms with Crippen molar-refractivity contribution in [3.8, 4) is 22.3 Å². The Balaban J connectivity index is 1.52. The highest BCUT2D eigenvalue weighted by Crippen LogP contribution is 2.31. The third kappa shape index (κ3) is 3.85. The number of sulfonamides is 1. The van der Waals surface area contributed by atoms with Gasteiger partial charge in [-0.05, 0) is 59.2 Å². The Morgan fingerprint density at radius 1 is 0.903 bits per heavy atom. The molecule has 0 spiro atoms. The second-order valence-electron chi connectivity index (χ2n) is 7.11. The fourth-order valence-electron chi connectivity index (χ4n) is 3.56. The molecule has 1 aliphatic heterocycles. The molecule has 0 aliphatic carbocycles. The first kappa shape index (κ1) is 19.2. The molecule has 1 N–H and O–H groups in total. The van der Waals surface area contributed by atoms with Gasteiger partial charge in [-0.15, -0.1) is 0 Å². The van der Waals surface area contributed by atoms with Gasteiger partial charge in [0.15, 0.2) is 0 Å². The maximum absolute atomic E-state index is 12.5. The molecule has 154 valence electrons. The SMILES string of the molecule is O=S(=O)(Nc1cncc(-c2ccc3nccc(-c4ccncc4)c3c2)c1)C1CC=CO1. The van der Waals surface area contributed by atoms with Gasteiger partial charge < -0.3 is 4.74 Å². The summed E-state index contributed by atoms with van der Waals surface area (Å²) < 4.78 is 32.7. The Bertz CT molecular complexity index is 1380. The Hall–Kier alpha value is -3.78. The Morgan fingerprint density at radius 3 is 2.58 bits per heavy atom. The Labute approximate surface area is 179 Å². The summed E-state index contributed by atoms with van der Waals surface area (Å²) in [5.41, 5.74) is 4.11. The molecule has 5 rings (SSSR count). The van der Waals surface area contributed by atoms with Crippen molar-refractivity contribution in [3.05, 3.63) is 85.8 Å². The highest BCUT2D eigenvalue weighted by atomic mass is 32.2. The van der Waals surface area contributed by atoms with Crippen LogP contribution in [0.4, 0.5) is 5.69 Å². The minimum absolute atomic E-state index is 0.317. The topological polar surface area (TPSA) is 94.1 Å². The molecule has 1 atom stereocenters. The average Bonchev–Trinajstić information content (AvgIpc) is 3.35. The highest BCUT2D eigenvalue weighted by Gasteiger charge is 2.28. The van der Waals surface area contributed by atoms with Gasteiger partial charge in [0, 0.05) is 42.2 Å². The largest absolute Gasteiger partial charge is 0.480 e. The summed E-state index contributed by atoms with van der Waals surface area (Å²) in [5, 5.41) is 0.989. The number of ether oxygens (including phenoxy) is 1. The number of benzene rings is 1. The van der Waals surface area contributed by atoms with Gasteiger partial charge in [0.05, 0.1) is 23.7 Å². The van der Waals surface area contributed by atoms with Crippen molar-refractivity contribution in [2.45, 2.75) is 11.9 Å². The van der Waals surface area contributed by atoms with E-state index >= 15 is 0 Å². The second-order valence-corrected chi connectivity index (χ2v) is 8.93. The maximum Gasteiger partial charge on any atom is 0.271 e. The van der Waals surface area contributed by atoms with Crippen molar-refractivity contribution < 1.29 is 13.2 Å². The molecule has 31 heavy (non-hydrogen) atoms. The van der Waals surface area contributed by atoms with Crippen LogP contribution in [0.1, 0.15) is 6.42 Å². The van der Waals surface area contributed by atoms with E-state index in [1.54, 1.807) is 36.9 Å². The molecule has 7 nitrogen and oxygen atoms in total.